The van der Waals surface area contributed by atoms with Gasteiger partial charge >= 0.3 is 0 Å². The highest BCUT2D eigenvalue weighted by molar-refractivity contribution is 9.10. The molecule has 1 saturated carbocycles. The summed E-state index contributed by atoms with van der Waals surface area (Å²) < 4.78 is 0.837. The fourth-order valence-electron chi connectivity index (χ4n) is 2.64. The number of hydrogen-bond donors (Lipinski definition) is 2. The van der Waals surface area contributed by atoms with Gasteiger partial charge in [0.15, 0.2) is 0 Å². The van der Waals surface area contributed by atoms with Crippen molar-refractivity contribution < 1.29 is 9.90 Å². The molecule has 1 aromatic rings. The summed E-state index contributed by atoms with van der Waals surface area (Å²) >= 11 is 3.28. The number of carbonyl (C=O) groups excluding carboxylic acids is 1. The monoisotopic (exact) mass is 326 g/mol. The van der Waals surface area contributed by atoms with E-state index in [1.54, 1.807) is 18.3 Å². The highest BCUT2D eigenvalue weighted by atomic mass is 79.9. The molecular formula is C14H19BrN2O2. The van der Waals surface area contributed by atoms with E-state index in [-0.39, 0.29) is 5.91 Å². The van der Waals surface area contributed by atoms with Crippen molar-refractivity contribution in [1.29, 1.82) is 0 Å². The Bertz CT molecular complexity index is 449. The van der Waals surface area contributed by atoms with Gasteiger partial charge in [0.1, 0.15) is 5.69 Å². The number of pyridine rings is 1. The fraction of sp³-hybridized carbons (Fsp3) is 0.571. The Balaban J connectivity index is 1.91. The number of carbonyl (C=O) groups is 1. The molecule has 2 rings (SSSR count). The lowest BCUT2D eigenvalue weighted by Crippen LogP contribution is -2.45. The summed E-state index contributed by atoms with van der Waals surface area (Å²) in [6, 6.07) is 3.44. The van der Waals surface area contributed by atoms with Gasteiger partial charge < -0.3 is 10.4 Å². The van der Waals surface area contributed by atoms with E-state index in [4.69, 9.17) is 0 Å². The Morgan fingerprint density at radius 1 is 1.63 bits per heavy atom. The van der Waals surface area contributed by atoms with Crippen LogP contribution in [0.25, 0.3) is 0 Å². The number of nitrogens with one attached hydrogen (secondary N) is 1. The van der Waals surface area contributed by atoms with Gasteiger partial charge in [-0.2, -0.15) is 0 Å². The molecule has 1 heterocycles. The lowest BCUT2D eigenvalue weighted by atomic mass is 9.79. The average Bonchev–Trinajstić information content (AvgIpc) is 2.37. The molecule has 1 aliphatic rings. The molecule has 2 N–H and O–H groups in total. The third kappa shape index (κ3) is 4.01. The second-order valence-corrected chi connectivity index (χ2v) is 6.39. The van der Waals surface area contributed by atoms with Crippen molar-refractivity contribution in [3.05, 3.63) is 28.5 Å². The van der Waals surface area contributed by atoms with Gasteiger partial charge in [-0.15, -0.1) is 0 Å². The van der Waals surface area contributed by atoms with Gasteiger partial charge in [0, 0.05) is 17.2 Å². The van der Waals surface area contributed by atoms with Crippen LogP contribution in [0, 0.1) is 5.92 Å². The largest absolute Gasteiger partial charge is 0.388 e. The molecule has 0 bridgehead atoms. The predicted octanol–water partition coefficient (Wildman–Crippen LogP) is 2.52. The van der Waals surface area contributed by atoms with Crippen molar-refractivity contribution in [3.8, 4) is 0 Å². The number of halogens is 1. The zero-order valence-electron chi connectivity index (χ0n) is 11.0. The van der Waals surface area contributed by atoms with Crippen LogP contribution in [0.4, 0.5) is 0 Å². The van der Waals surface area contributed by atoms with Crippen LogP contribution in [0.3, 0.4) is 0 Å². The first kappa shape index (κ1) is 14.5. The zero-order chi connectivity index (χ0) is 13.9. The Morgan fingerprint density at radius 3 is 3.05 bits per heavy atom. The number of aromatic nitrogens is 1. The summed E-state index contributed by atoms with van der Waals surface area (Å²) in [5, 5.41) is 13.2. The van der Waals surface area contributed by atoms with Gasteiger partial charge in [0.25, 0.3) is 5.91 Å². The molecule has 104 valence electrons. The van der Waals surface area contributed by atoms with Crippen molar-refractivity contribution in [3.63, 3.8) is 0 Å². The lowest BCUT2D eigenvalue weighted by Gasteiger charge is -2.35. The summed E-state index contributed by atoms with van der Waals surface area (Å²) in [6.07, 6.45) is 5.27. The standard InChI is InChI=1S/C14H19BrN2O2/c1-10-3-2-6-14(19,7-10)9-17-13(18)12-5-4-11(15)8-16-12/h4-5,8,10,19H,2-3,6-7,9H2,1H3,(H,17,18). The van der Waals surface area contributed by atoms with Crippen LogP contribution in [0.1, 0.15) is 43.1 Å². The summed E-state index contributed by atoms with van der Waals surface area (Å²) in [4.78, 5) is 16.0. The van der Waals surface area contributed by atoms with Crippen molar-refractivity contribution in [2.75, 3.05) is 6.54 Å². The van der Waals surface area contributed by atoms with Crippen molar-refractivity contribution in [2.24, 2.45) is 5.92 Å². The van der Waals surface area contributed by atoms with Crippen molar-refractivity contribution in [2.45, 2.75) is 38.2 Å². The minimum absolute atomic E-state index is 0.237. The number of amides is 1. The molecule has 0 spiro atoms. The molecule has 0 aliphatic heterocycles. The summed E-state index contributed by atoms with van der Waals surface area (Å²) in [6.45, 7) is 2.44. The van der Waals surface area contributed by atoms with Crippen molar-refractivity contribution >= 4 is 21.8 Å². The number of hydrogen-bond acceptors (Lipinski definition) is 3. The topological polar surface area (TPSA) is 62.2 Å². The minimum atomic E-state index is -0.761. The highest BCUT2D eigenvalue weighted by Crippen LogP contribution is 2.31. The molecular weight excluding hydrogens is 308 g/mol. The first-order valence-corrected chi connectivity index (χ1v) is 7.40. The zero-order valence-corrected chi connectivity index (χ0v) is 12.6. The van der Waals surface area contributed by atoms with E-state index in [0.29, 0.717) is 18.2 Å². The molecule has 4 nitrogen and oxygen atoms in total. The maximum Gasteiger partial charge on any atom is 0.269 e. The van der Waals surface area contributed by atoms with Crippen LogP contribution in [0.2, 0.25) is 0 Å². The average molecular weight is 327 g/mol. The second-order valence-electron chi connectivity index (χ2n) is 5.47. The molecule has 0 radical (unpaired) electrons. The third-order valence-electron chi connectivity index (χ3n) is 3.61. The van der Waals surface area contributed by atoms with E-state index in [0.717, 1.165) is 30.2 Å². The number of nitrogens with zero attached hydrogens (tertiary/aromatic N) is 1. The van der Waals surface area contributed by atoms with Crippen LogP contribution < -0.4 is 5.32 Å². The van der Waals surface area contributed by atoms with Gasteiger partial charge in [0.2, 0.25) is 0 Å². The lowest BCUT2D eigenvalue weighted by molar-refractivity contribution is -0.0109. The van der Waals surface area contributed by atoms with Gasteiger partial charge in [-0.3, -0.25) is 4.79 Å². The Labute approximate surface area is 121 Å². The number of aliphatic hydroxyl groups is 1. The quantitative estimate of drug-likeness (QED) is 0.897. The number of rotatable bonds is 3. The van der Waals surface area contributed by atoms with Crippen LogP contribution in [-0.2, 0) is 0 Å². The highest BCUT2D eigenvalue weighted by Gasteiger charge is 2.32. The van der Waals surface area contributed by atoms with Gasteiger partial charge in [-0.25, -0.2) is 4.98 Å². The Hall–Kier alpha value is -0.940. The third-order valence-corrected chi connectivity index (χ3v) is 4.07. The second kappa shape index (κ2) is 6.01. The van der Waals surface area contributed by atoms with Gasteiger partial charge in [-0.05, 0) is 46.8 Å². The first-order valence-electron chi connectivity index (χ1n) is 6.61. The predicted molar refractivity (Wildman–Crippen MR) is 76.9 cm³/mol. The molecule has 1 fully saturated rings. The molecule has 19 heavy (non-hydrogen) atoms. The summed E-state index contributed by atoms with van der Waals surface area (Å²) in [5.74, 6) is 0.278. The van der Waals surface area contributed by atoms with Crippen LogP contribution in [0.5, 0.6) is 0 Å². The van der Waals surface area contributed by atoms with E-state index in [1.807, 2.05) is 0 Å². The normalized spacial score (nSPS) is 27.0. The molecule has 1 aromatic heterocycles. The smallest absolute Gasteiger partial charge is 0.269 e. The Kier molecular flexibility index (Phi) is 4.58. The van der Waals surface area contributed by atoms with Gasteiger partial charge in [0.05, 0.1) is 5.60 Å². The fourth-order valence-corrected chi connectivity index (χ4v) is 2.87. The molecule has 2 atom stereocenters. The van der Waals surface area contributed by atoms with E-state index < -0.39 is 5.60 Å². The van der Waals surface area contributed by atoms with E-state index >= 15 is 0 Å². The summed E-state index contributed by atoms with van der Waals surface area (Å²) in [5.41, 5.74) is -0.390. The maximum absolute atomic E-state index is 11.9. The molecule has 1 aliphatic carbocycles. The Morgan fingerprint density at radius 2 is 2.42 bits per heavy atom. The molecule has 0 aromatic carbocycles. The summed E-state index contributed by atoms with van der Waals surface area (Å²) in [7, 11) is 0. The van der Waals surface area contributed by atoms with Crippen molar-refractivity contribution in [1.82, 2.24) is 10.3 Å². The van der Waals surface area contributed by atoms with E-state index in [9.17, 15) is 9.90 Å². The van der Waals surface area contributed by atoms with Crippen LogP contribution in [-0.4, -0.2) is 28.1 Å². The first-order chi connectivity index (χ1) is 8.98. The molecule has 5 heteroatoms. The molecule has 2 unspecified atom stereocenters. The van der Waals surface area contributed by atoms with E-state index in [2.05, 4.69) is 33.2 Å². The van der Waals surface area contributed by atoms with E-state index in [1.165, 1.54) is 0 Å². The van der Waals surface area contributed by atoms with Gasteiger partial charge in [-0.1, -0.05) is 19.8 Å². The molecule has 0 saturated heterocycles. The SMILES string of the molecule is CC1CCCC(O)(CNC(=O)c2ccc(Br)cn2)C1. The van der Waals surface area contributed by atoms with Crippen LogP contribution in [0.15, 0.2) is 22.8 Å². The molecule has 1 amide bonds. The van der Waals surface area contributed by atoms with Crippen LogP contribution >= 0.6 is 15.9 Å². The maximum atomic E-state index is 11.9. The minimum Gasteiger partial charge on any atom is -0.388 e.